The number of primary amides is 1. The third-order valence-electron chi connectivity index (χ3n) is 2.55. The molecule has 0 saturated heterocycles. The smallest absolute Gasteiger partial charge is 0.223 e. The minimum Gasteiger partial charge on any atom is -0.369 e. The van der Waals surface area contributed by atoms with Gasteiger partial charge in [-0.1, -0.05) is 26.2 Å². The van der Waals surface area contributed by atoms with Crippen LogP contribution in [0.5, 0.6) is 0 Å². The first-order chi connectivity index (χ1) is 4.65. The van der Waals surface area contributed by atoms with Crippen molar-refractivity contribution in [1.82, 2.24) is 0 Å². The van der Waals surface area contributed by atoms with E-state index >= 15 is 0 Å². The first-order valence-electron chi connectivity index (χ1n) is 3.95. The Hall–Kier alpha value is -0.240. The molecule has 3 heteroatoms. The Bertz CT molecular complexity index is 141. The zero-order chi connectivity index (χ0) is 7.61. The number of hydrogen-bond donors (Lipinski definition) is 1. The third-order valence-corrected chi connectivity index (χ3v) is 2.55. The lowest BCUT2D eigenvalue weighted by Gasteiger charge is -2.29. The number of carbonyl (C=O) groups is 1. The van der Waals surface area contributed by atoms with Crippen LogP contribution in [0.15, 0.2) is 0 Å². The number of carbonyl (C=O) groups excluding carboxylic acids is 1. The van der Waals surface area contributed by atoms with E-state index in [0.29, 0.717) is 0 Å². The fourth-order valence-electron chi connectivity index (χ4n) is 1.58. The summed E-state index contributed by atoms with van der Waals surface area (Å²) < 4.78 is 0. The number of hydrogen-bond acceptors (Lipinski definition) is 1. The lowest BCUT2D eigenvalue weighted by Crippen LogP contribution is -2.35. The number of nitrogens with two attached hydrogens (primary N) is 1. The summed E-state index contributed by atoms with van der Waals surface area (Å²) in [6, 6.07) is 0. The highest BCUT2D eigenvalue weighted by molar-refractivity contribution is 5.85. The van der Waals surface area contributed by atoms with Crippen LogP contribution in [-0.2, 0) is 4.79 Å². The van der Waals surface area contributed by atoms with E-state index in [4.69, 9.17) is 5.73 Å². The standard InChI is InChI=1S/C8H15NO.ClH/c1-8(7(9)10)5-3-2-4-6-8;/h2-6H2,1H3,(H2,9,10);1H. The molecule has 0 spiro atoms. The summed E-state index contributed by atoms with van der Waals surface area (Å²) in [6.45, 7) is 1.98. The van der Waals surface area contributed by atoms with Crippen LogP contribution in [0.2, 0.25) is 0 Å². The maximum absolute atomic E-state index is 10.9. The summed E-state index contributed by atoms with van der Waals surface area (Å²) in [5.41, 5.74) is 5.08. The maximum atomic E-state index is 10.9. The highest BCUT2D eigenvalue weighted by Gasteiger charge is 2.32. The minimum atomic E-state index is -0.182. The fraction of sp³-hybridized carbons (Fsp3) is 0.875. The molecule has 1 amide bonds. The van der Waals surface area contributed by atoms with Crippen LogP contribution < -0.4 is 5.73 Å². The molecular formula is C8H16ClNO. The molecule has 0 bridgehead atoms. The molecule has 0 aromatic carbocycles. The molecule has 1 rings (SSSR count). The van der Waals surface area contributed by atoms with Gasteiger partial charge in [0, 0.05) is 5.41 Å². The second-order valence-corrected chi connectivity index (χ2v) is 3.49. The SMILES string of the molecule is CC1(C(N)=O)CCCCC1.Cl. The van der Waals surface area contributed by atoms with Crippen LogP contribution in [0.25, 0.3) is 0 Å². The van der Waals surface area contributed by atoms with Crippen LogP contribution >= 0.6 is 12.4 Å². The Morgan fingerprint density at radius 1 is 1.27 bits per heavy atom. The summed E-state index contributed by atoms with van der Waals surface area (Å²) in [5, 5.41) is 0. The van der Waals surface area contributed by atoms with Gasteiger partial charge in [-0.15, -0.1) is 12.4 Å². The molecule has 0 aromatic rings. The molecule has 0 radical (unpaired) electrons. The predicted molar refractivity (Wildman–Crippen MR) is 47.6 cm³/mol. The van der Waals surface area contributed by atoms with Gasteiger partial charge in [0.25, 0.3) is 0 Å². The second kappa shape index (κ2) is 3.96. The van der Waals surface area contributed by atoms with Crippen molar-refractivity contribution in [3.8, 4) is 0 Å². The first-order valence-corrected chi connectivity index (χ1v) is 3.95. The van der Waals surface area contributed by atoms with Gasteiger partial charge in [0.05, 0.1) is 0 Å². The largest absolute Gasteiger partial charge is 0.369 e. The third kappa shape index (κ3) is 2.37. The zero-order valence-corrected chi connectivity index (χ0v) is 7.75. The Kier molecular flexibility index (Phi) is 3.87. The average molecular weight is 178 g/mol. The van der Waals surface area contributed by atoms with E-state index in [-0.39, 0.29) is 23.7 Å². The van der Waals surface area contributed by atoms with Crippen LogP contribution in [0.3, 0.4) is 0 Å². The van der Waals surface area contributed by atoms with Crippen molar-refractivity contribution >= 4 is 18.3 Å². The molecule has 0 atom stereocenters. The van der Waals surface area contributed by atoms with Gasteiger partial charge in [-0.2, -0.15) is 0 Å². The van der Waals surface area contributed by atoms with Crippen LogP contribution in [0, 0.1) is 5.41 Å². The topological polar surface area (TPSA) is 43.1 Å². The van der Waals surface area contributed by atoms with Crippen molar-refractivity contribution < 1.29 is 4.79 Å². The minimum absolute atomic E-state index is 0. The number of amides is 1. The van der Waals surface area contributed by atoms with Gasteiger partial charge in [0.15, 0.2) is 0 Å². The molecule has 0 aliphatic heterocycles. The van der Waals surface area contributed by atoms with E-state index in [0.717, 1.165) is 12.8 Å². The molecule has 2 N–H and O–H groups in total. The maximum Gasteiger partial charge on any atom is 0.223 e. The summed E-state index contributed by atoms with van der Waals surface area (Å²) in [5.74, 6) is -0.118. The Balaban J connectivity index is 0.000001000. The number of halogens is 1. The van der Waals surface area contributed by atoms with Crippen LogP contribution in [0.4, 0.5) is 0 Å². The first kappa shape index (κ1) is 10.8. The monoisotopic (exact) mass is 177 g/mol. The van der Waals surface area contributed by atoms with E-state index in [1.54, 1.807) is 0 Å². The Morgan fingerprint density at radius 2 is 1.73 bits per heavy atom. The van der Waals surface area contributed by atoms with Gasteiger partial charge in [-0.3, -0.25) is 4.79 Å². The van der Waals surface area contributed by atoms with Gasteiger partial charge in [-0.25, -0.2) is 0 Å². The molecule has 1 fully saturated rings. The van der Waals surface area contributed by atoms with Gasteiger partial charge >= 0.3 is 0 Å². The lowest BCUT2D eigenvalue weighted by atomic mass is 9.75. The van der Waals surface area contributed by atoms with Crippen molar-refractivity contribution in [1.29, 1.82) is 0 Å². The normalized spacial score (nSPS) is 21.9. The average Bonchev–Trinajstić information content (AvgIpc) is 1.89. The van der Waals surface area contributed by atoms with Crippen molar-refractivity contribution in [3.63, 3.8) is 0 Å². The van der Waals surface area contributed by atoms with E-state index in [9.17, 15) is 4.79 Å². The molecule has 1 aliphatic rings. The van der Waals surface area contributed by atoms with Gasteiger partial charge < -0.3 is 5.73 Å². The summed E-state index contributed by atoms with van der Waals surface area (Å²) in [6.07, 6.45) is 5.58. The molecule has 2 nitrogen and oxygen atoms in total. The Morgan fingerprint density at radius 3 is 2.00 bits per heavy atom. The van der Waals surface area contributed by atoms with Gasteiger partial charge in [0.2, 0.25) is 5.91 Å². The summed E-state index contributed by atoms with van der Waals surface area (Å²) >= 11 is 0. The quantitative estimate of drug-likeness (QED) is 0.653. The lowest BCUT2D eigenvalue weighted by molar-refractivity contribution is -0.128. The molecule has 0 heterocycles. The molecule has 66 valence electrons. The van der Waals surface area contributed by atoms with Gasteiger partial charge in [-0.05, 0) is 12.8 Å². The summed E-state index contributed by atoms with van der Waals surface area (Å²) in [7, 11) is 0. The van der Waals surface area contributed by atoms with E-state index < -0.39 is 0 Å². The number of rotatable bonds is 1. The molecule has 1 saturated carbocycles. The second-order valence-electron chi connectivity index (χ2n) is 3.49. The molecule has 0 unspecified atom stereocenters. The highest BCUT2D eigenvalue weighted by Crippen LogP contribution is 2.34. The van der Waals surface area contributed by atoms with Crippen molar-refractivity contribution in [2.24, 2.45) is 11.1 Å². The summed E-state index contributed by atoms with van der Waals surface area (Å²) in [4.78, 5) is 10.9. The molecule has 1 aliphatic carbocycles. The Labute approximate surface area is 73.9 Å². The predicted octanol–water partition coefficient (Wildman–Crippen LogP) is 1.86. The van der Waals surface area contributed by atoms with E-state index in [1.165, 1.54) is 19.3 Å². The van der Waals surface area contributed by atoms with Crippen LogP contribution in [0.1, 0.15) is 39.0 Å². The molecule has 11 heavy (non-hydrogen) atoms. The van der Waals surface area contributed by atoms with Crippen molar-refractivity contribution in [2.45, 2.75) is 39.0 Å². The highest BCUT2D eigenvalue weighted by atomic mass is 35.5. The van der Waals surface area contributed by atoms with Gasteiger partial charge in [0.1, 0.15) is 0 Å². The van der Waals surface area contributed by atoms with Crippen molar-refractivity contribution in [2.75, 3.05) is 0 Å². The van der Waals surface area contributed by atoms with E-state index in [2.05, 4.69) is 0 Å². The zero-order valence-electron chi connectivity index (χ0n) is 6.93. The molecular weight excluding hydrogens is 162 g/mol. The van der Waals surface area contributed by atoms with E-state index in [1.807, 2.05) is 6.92 Å². The molecule has 0 aromatic heterocycles. The fourth-order valence-corrected chi connectivity index (χ4v) is 1.58. The van der Waals surface area contributed by atoms with Crippen LogP contribution in [-0.4, -0.2) is 5.91 Å². The van der Waals surface area contributed by atoms with Crippen molar-refractivity contribution in [3.05, 3.63) is 0 Å².